The number of halogens is 1. The number of nitrogens with zero attached hydrogens (tertiary/aromatic N) is 1. The van der Waals surface area contributed by atoms with Gasteiger partial charge in [0.2, 0.25) is 0 Å². The zero-order valence-electron chi connectivity index (χ0n) is 11.5. The number of methoxy groups -OCH3 is 1. The van der Waals surface area contributed by atoms with Crippen molar-refractivity contribution in [2.45, 2.75) is 13.5 Å². The fraction of sp³-hybridized carbons (Fsp3) is 0.571. The molecule has 0 aliphatic heterocycles. The van der Waals surface area contributed by atoms with Crippen LogP contribution in [0.5, 0.6) is 0 Å². The molecule has 1 N–H and O–H groups in total. The monoisotopic (exact) mass is 270 g/mol. The van der Waals surface area contributed by atoms with Gasteiger partial charge in [0.15, 0.2) is 0 Å². The predicted octanol–water partition coefficient (Wildman–Crippen LogP) is 2.32. The van der Waals surface area contributed by atoms with Gasteiger partial charge in [-0.05, 0) is 31.2 Å². The lowest BCUT2D eigenvalue weighted by Crippen LogP contribution is -2.30. The van der Waals surface area contributed by atoms with Gasteiger partial charge in [0, 0.05) is 38.3 Å². The molecule has 1 rings (SSSR count). The summed E-state index contributed by atoms with van der Waals surface area (Å²) < 4.78 is 4.98. The topological polar surface area (TPSA) is 24.5 Å². The summed E-state index contributed by atoms with van der Waals surface area (Å²) in [7, 11) is 3.83. The van der Waals surface area contributed by atoms with Gasteiger partial charge in [0.1, 0.15) is 0 Å². The molecule has 0 bridgehead atoms. The molecule has 18 heavy (non-hydrogen) atoms. The van der Waals surface area contributed by atoms with Crippen molar-refractivity contribution < 1.29 is 4.74 Å². The molecule has 0 aliphatic rings. The highest BCUT2D eigenvalue weighted by Crippen LogP contribution is 2.17. The number of hydrogen-bond acceptors (Lipinski definition) is 3. The molecule has 1 aromatic carbocycles. The van der Waals surface area contributed by atoms with Crippen molar-refractivity contribution in [2.24, 2.45) is 0 Å². The first-order valence-corrected chi connectivity index (χ1v) is 6.64. The minimum Gasteiger partial charge on any atom is -0.383 e. The Morgan fingerprint density at radius 3 is 2.78 bits per heavy atom. The third-order valence-electron chi connectivity index (χ3n) is 2.84. The molecular weight excluding hydrogens is 248 g/mol. The second-order valence-electron chi connectivity index (χ2n) is 4.56. The van der Waals surface area contributed by atoms with E-state index in [1.807, 2.05) is 13.0 Å². The maximum Gasteiger partial charge on any atom is 0.0587 e. The van der Waals surface area contributed by atoms with Crippen LogP contribution in [0.25, 0.3) is 0 Å². The van der Waals surface area contributed by atoms with Crippen LogP contribution in [-0.4, -0.2) is 45.3 Å². The quantitative estimate of drug-likeness (QED) is 0.734. The summed E-state index contributed by atoms with van der Waals surface area (Å²) in [4.78, 5) is 2.28. The maximum absolute atomic E-state index is 6.11. The summed E-state index contributed by atoms with van der Waals surface area (Å²) in [5.41, 5.74) is 2.38. The zero-order valence-corrected chi connectivity index (χ0v) is 12.3. The molecule has 0 aromatic heterocycles. The second kappa shape index (κ2) is 8.48. The highest BCUT2D eigenvalue weighted by Gasteiger charge is 2.02. The SMILES string of the molecule is COCCNCCN(C)Cc1ccc(C)c(Cl)c1. The van der Waals surface area contributed by atoms with Crippen LogP contribution in [0.15, 0.2) is 18.2 Å². The summed E-state index contributed by atoms with van der Waals surface area (Å²) >= 11 is 6.11. The number of ether oxygens (including phenoxy) is 1. The molecule has 0 aliphatic carbocycles. The number of rotatable bonds is 8. The molecule has 0 radical (unpaired) electrons. The minimum atomic E-state index is 0.761. The minimum absolute atomic E-state index is 0.761. The molecular formula is C14H23ClN2O. The maximum atomic E-state index is 6.11. The Hall–Kier alpha value is -0.610. The average Bonchev–Trinajstić information content (AvgIpc) is 2.34. The van der Waals surface area contributed by atoms with E-state index < -0.39 is 0 Å². The van der Waals surface area contributed by atoms with Crippen molar-refractivity contribution in [3.63, 3.8) is 0 Å². The fourth-order valence-corrected chi connectivity index (χ4v) is 1.90. The van der Waals surface area contributed by atoms with E-state index in [1.165, 1.54) is 5.56 Å². The molecule has 0 unspecified atom stereocenters. The van der Waals surface area contributed by atoms with Gasteiger partial charge in [0.05, 0.1) is 6.61 Å². The Balaban J connectivity index is 2.26. The molecule has 102 valence electrons. The Kier molecular flexibility index (Phi) is 7.28. The lowest BCUT2D eigenvalue weighted by Gasteiger charge is -2.17. The van der Waals surface area contributed by atoms with Gasteiger partial charge in [-0.15, -0.1) is 0 Å². The van der Waals surface area contributed by atoms with Gasteiger partial charge in [-0.1, -0.05) is 23.7 Å². The summed E-state index contributed by atoms with van der Waals surface area (Å²) in [6.07, 6.45) is 0. The molecule has 0 saturated carbocycles. The number of aryl methyl sites for hydroxylation is 1. The summed E-state index contributed by atoms with van der Waals surface area (Å²) in [5.74, 6) is 0. The van der Waals surface area contributed by atoms with Crippen molar-refractivity contribution in [2.75, 3.05) is 40.4 Å². The van der Waals surface area contributed by atoms with Gasteiger partial charge in [0.25, 0.3) is 0 Å². The Bertz CT molecular complexity index is 358. The number of hydrogen-bond donors (Lipinski definition) is 1. The Morgan fingerprint density at radius 1 is 1.33 bits per heavy atom. The van der Waals surface area contributed by atoms with Crippen molar-refractivity contribution >= 4 is 11.6 Å². The van der Waals surface area contributed by atoms with E-state index in [-0.39, 0.29) is 0 Å². The molecule has 0 spiro atoms. The third kappa shape index (κ3) is 5.83. The van der Waals surface area contributed by atoms with Crippen LogP contribution < -0.4 is 5.32 Å². The van der Waals surface area contributed by atoms with Gasteiger partial charge in [-0.25, -0.2) is 0 Å². The molecule has 0 saturated heterocycles. The van der Waals surface area contributed by atoms with E-state index >= 15 is 0 Å². The summed E-state index contributed by atoms with van der Waals surface area (Å²) in [6.45, 7) is 6.59. The smallest absolute Gasteiger partial charge is 0.0587 e. The van der Waals surface area contributed by atoms with E-state index in [9.17, 15) is 0 Å². The first-order valence-electron chi connectivity index (χ1n) is 6.26. The number of likely N-dealkylation sites (N-methyl/N-ethyl adjacent to an activating group) is 1. The van der Waals surface area contributed by atoms with Gasteiger partial charge in [-0.3, -0.25) is 0 Å². The van der Waals surface area contributed by atoms with Crippen LogP contribution >= 0.6 is 11.6 Å². The van der Waals surface area contributed by atoms with E-state index in [0.717, 1.165) is 43.4 Å². The molecule has 0 heterocycles. The molecule has 1 aromatic rings. The van der Waals surface area contributed by atoms with Crippen LogP contribution in [0.2, 0.25) is 5.02 Å². The van der Waals surface area contributed by atoms with Gasteiger partial charge in [-0.2, -0.15) is 0 Å². The molecule has 0 atom stereocenters. The lowest BCUT2D eigenvalue weighted by atomic mass is 10.1. The Morgan fingerprint density at radius 2 is 2.11 bits per heavy atom. The Labute approximate surface area is 115 Å². The van der Waals surface area contributed by atoms with Crippen molar-refractivity contribution in [1.29, 1.82) is 0 Å². The summed E-state index contributed by atoms with van der Waals surface area (Å²) in [6, 6.07) is 6.25. The first-order chi connectivity index (χ1) is 8.63. The fourth-order valence-electron chi connectivity index (χ4n) is 1.69. The van der Waals surface area contributed by atoms with E-state index in [4.69, 9.17) is 16.3 Å². The van der Waals surface area contributed by atoms with Gasteiger partial charge >= 0.3 is 0 Å². The molecule has 0 fully saturated rings. The van der Waals surface area contributed by atoms with E-state index in [1.54, 1.807) is 7.11 Å². The van der Waals surface area contributed by atoms with E-state index in [0.29, 0.717) is 0 Å². The largest absolute Gasteiger partial charge is 0.383 e. The normalized spacial score (nSPS) is 11.2. The van der Waals surface area contributed by atoms with Crippen LogP contribution in [0.3, 0.4) is 0 Å². The molecule has 4 heteroatoms. The predicted molar refractivity (Wildman–Crippen MR) is 77.3 cm³/mol. The summed E-state index contributed by atoms with van der Waals surface area (Å²) in [5, 5.41) is 4.18. The van der Waals surface area contributed by atoms with Crippen LogP contribution in [-0.2, 0) is 11.3 Å². The van der Waals surface area contributed by atoms with Crippen molar-refractivity contribution in [3.05, 3.63) is 34.3 Å². The first kappa shape index (κ1) is 15.4. The highest BCUT2D eigenvalue weighted by molar-refractivity contribution is 6.31. The average molecular weight is 271 g/mol. The highest BCUT2D eigenvalue weighted by atomic mass is 35.5. The van der Waals surface area contributed by atoms with Gasteiger partial charge < -0.3 is 15.0 Å². The second-order valence-corrected chi connectivity index (χ2v) is 4.97. The lowest BCUT2D eigenvalue weighted by molar-refractivity contribution is 0.197. The van der Waals surface area contributed by atoms with Crippen molar-refractivity contribution in [1.82, 2.24) is 10.2 Å². The number of nitrogens with one attached hydrogen (secondary N) is 1. The van der Waals surface area contributed by atoms with E-state index in [2.05, 4.69) is 29.4 Å². The molecule has 0 amide bonds. The third-order valence-corrected chi connectivity index (χ3v) is 3.25. The van der Waals surface area contributed by atoms with Crippen LogP contribution in [0.4, 0.5) is 0 Å². The molecule has 3 nitrogen and oxygen atoms in total. The standard InChI is InChI=1S/C14H23ClN2O/c1-12-4-5-13(10-14(12)15)11-17(2)8-6-16-7-9-18-3/h4-5,10,16H,6-9,11H2,1-3H3. The number of benzene rings is 1. The zero-order chi connectivity index (χ0) is 13.4. The van der Waals surface area contributed by atoms with Crippen LogP contribution in [0.1, 0.15) is 11.1 Å². The van der Waals surface area contributed by atoms with Crippen LogP contribution in [0, 0.1) is 6.92 Å². The van der Waals surface area contributed by atoms with Crippen molar-refractivity contribution in [3.8, 4) is 0 Å².